The fourth-order valence-corrected chi connectivity index (χ4v) is 7.71. The van der Waals surface area contributed by atoms with Crippen LogP contribution in [0.3, 0.4) is 0 Å². The van der Waals surface area contributed by atoms with Crippen molar-refractivity contribution < 1.29 is 0 Å². The van der Waals surface area contributed by atoms with Crippen LogP contribution in [0.5, 0.6) is 0 Å². The number of rotatable bonds is 7. The van der Waals surface area contributed by atoms with E-state index in [0.29, 0.717) is 13.0 Å². The molecule has 0 aliphatic rings. The Balaban J connectivity index is 2.13. The fourth-order valence-electron chi connectivity index (χ4n) is 3.89. The Morgan fingerprint density at radius 3 is 2.56 bits per heavy atom. The number of hydrogen-bond donors (Lipinski definition) is 1. The average Bonchev–Trinajstić information content (AvgIpc) is 3.26. The molecule has 0 unspecified atom stereocenters. The van der Waals surface area contributed by atoms with E-state index >= 15 is 0 Å². The molecule has 25 heavy (non-hydrogen) atoms. The molecule has 0 atom stereocenters. The summed E-state index contributed by atoms with van der Waals surface area (Å²) < 4.78 is 1.82. The summed E-state index contributed by atoms with van der Waals surface area (Å²) >= 11 is 0. The minimum Gasteiger partial charge on any atom is -0.362 e. The molecular weight excluding hydrogens is 326 g/mol. The first-order valence-electron chi connectivity index (χ1n) is 9.00. The summed E-state index contributed by atoms with van der Waals surface area (Å²) in [6.45, 7) is 7.60. The van der Waals surface area contributed by atoms with Crippen molar-refractivity contribution in [3.63, 3.8) is 0 Å². The van der Waals surface area contributed by atoms with Crippen LogP contribution in [-0.4, -0.2) is 27.8 Å². The maximum Gasteiger partial charge on any atom is 0.137 e. The van der Waals surface area contributed by atoms with Gasteiger partial charge in [0.15, 0.2) is 0 Å². The number of nitrogens with one attached hydrogen (secondary N) is 1. The molecule has 1 N–H and O–H groups in total. The molecule has 0 fully saturated rings. The Kier molecular flexibility index (Phi) is 5.05. The standard InChI is InChI=1S/C19H25N5Si/c1-4-25(5-2,6-3)19-16(9-10-20)17-11-15(7-8-18(17)23-19)12-24-14-21-13-22-24/h7-8,11,13-14,23H,4-6,9,12H2,1-3H3. The highest BCUT2D eigenvalue weighted by atomic mass is 28.3. The third kappa shape index (κ3) is 3.12. The lowest BCUT2D eigenvalue weighted by atomic mass is 10.1. The Morgan fingerprint density at radius 2 is 1.96 bits per heavy atom. The summed E-state index contributed by atoms with van der Waals surface area (Å²) in [5.74, 6) is 0. The first-order chi connectivity index (χ1) is 12.2. The minimum atomic E-state index is -1.57. The molecule has 3 aromatic rings. The number of hydrogen-bond acceptors (Lipinski definition) is 3. The van der Waals surface area contributed by atoms with Crippen molar-refractivity contribution in [1.82, 2.24) is 19.7 Å². The van der Waals surface area contributed by atoms with Crippen molar-refractivity contribution in [1.29, 1.82) is 5.26 Å². The van der Waals surface area contributed by atoms with Gasteiger partial charge in [-0.1, -0.05) is 45.0 Å². The molecule has 1 aromatic carbocycles. The predicted octanol–water partition coefficient (Wildman–Crippen LogP) is 3.59. The maximum atomic E-state index is 9.41. The van der Waals surface area contributed by atoms with Gasteiger partial charge in [0.05, 0.1) is 19.0 Å². The Hall–Kier alpha value is -2.39. The number of aromatic amines is 1. The van der Waals surface area contributed by atoms with Gasteiger partial charge in [0.1, 0.15) is 20.7 Å². The minimum absolute atomic E-state index is 0.469. The quantitative estimate of drug-likeness (QED) is 0.661. The zero-order chi connectivity index (χ0) is 17.9. The summed E-state index contributed by atoms with van der Waals surface area (Å²) in [7, 11) is -1.57. The van der Waals surface area contributed by atoms with Crippen LogP contribution < -0.4 is 5.32 Å². The highest BCUT2D eigenvalue weighted by Crippen LogP contribution is 2.27. The Morgan fingerprint density at radius 1 is 1.20 bits per heavy atom. The molecule has 5 nitrogen and oxygen atoms in total. The second kappa shape index (κ2) is 7.24. The molecule has 2 aromatic heterocycles. The highest BCUT2D eigenvalue weighted by molar-refractivity contribution is 6.91. The largest absolute Gasteiger partial charge is 0.362 e. The van der Waals surface area contributed by atoms with Gasteiger partial charge in [0.2, 0.25) is 0 Å². The zero-order valence-electron chi connectivity index (χ0n) is 15.2. The number of benzene rings is 1. The van der Waals surface area contributed by atoms with Crippen molar-refractivity contribution in [2.45, 2.75) is 51.9 Å². The summed E-state index contributed by atoms with van der Waals surface area (Å²) in [5, 5.41) is 16.2. The Bertz CT molecular complexity index is 876. The predicted molar refractivity (Wildman–Crippen MR) is 104 cm³/mol. The van der Waals surface area contributed by atoms with Gasteiger partial charge < -0.3 is 4.98 Å². The normalized spacial score (nSPS) is 11.8. The van der Waals surface area contributed by atoms with Crippen LogP contribution in [-0.2, 0) is 13.0 Å². The van der Waals surface area contributed by atoms with E-state index in [0.717, 1.165) is 5.52 Å². The van der Waals surface area contributed by atoms with Gasteiger partial charge in [-0.05, 0) is 23.3 Å². The van der Waals surface area contributed by atoms with E-state index in [1.165, 1.54) is 40.0 Å². The Labute approximate surface area is 149 Å². The molecule has 0 amide bonds. The van der Waals surface area contributed by atoms with Crippen LogP contribution >= 0.6 is 0 Å². The maximum absolute atomic E-state index is 9.41. The van der Waals surface area contributed by atoms with E-state index in [1.807, 2.05) is 4.68 Å². The lowest BCUT2D eigenvalue weighted by Crippen LogP contribution is -2.48. The molecule has 0 aliphatic heterocycles. The lowest BCUT2D eigenvalue weighted by molar-refractivity contribution is 0.685. The topological polar surface area (TPSA) is 70.3 Å². The van der Waals surface area contributed by atoms with Gasteiger partial charge >= 0.3 is 0 Å². The number of aromatic nitrogens is 4. The molecule has 0 bridgehead atoms. The number of H-pyrrole nitrogens is 1. The van der Waals surface area contributed by atoms with E-state index < -0.39 is 8.07 Å². The molecule has 0 saturated heterocycles. The van der Waals surface area contributed by atoms with E-state index in [9.17, 15) is 5.26 Å². The van der Waals surface area contributed by atoms with E-state index in [1.54, 1.807) is 12.7 Å². The third-order valence-electron chi connectivity index (χ3n) is 5.60. The second-order valence-corrected chi connectivity index (χ2v) is 11.8. The van der Waals surface area contributed by atoms with Crippen molar-refractivity contribution in [3.05, 3.63) is 42.0 Å². The van der Waals surface area contributed by atoms with E-state index in [4.69, 9.17) is 0 Å². The molecular formula is C19H25N5Si. The fraction of sp³-hybridized carbons (Fsp3) is 0.421. The van der Waals surface area contributed by atoms with Crippen LogP contribution in [0.1, 0.15) is 31.9 Å². The van der Waals surface area contributed by atoms with Crippen molar-refractivity contribution in [2.75, 3.05) is 0 Å². The van der Waals surface area contributed by atoms with Gasteiger partial charge in [0.25, 0.3) is 0 Å². The van der Waals surface area contributed by atoms with Gasteiger partial charge in [-0.3, -0.25) is 0 Å². The third-order valence-corrected chi connectivity index (χ3v) is 11.1. The molecule has 0 saturated carbocycles. The number of nitrogens with zero attached hydrogens (tertiary/aromatic N) is 4. The molecule has 6 heteroatoms. The van der Waals surface area contributed by atoms with Crippen LogP contribution in [0.25, 0.3) is 10.9 Å². The number of fused-ring (bicyclic) bond motifs is 1. The smallest absolute Gasteiger partial charge is 0.137 e. The first-order valence-corrected chi connectivity index (χ1v) is 11.6. The summed E-state index contributed by atoms with van der Waals surface area (Å²) in [4.78, 5) is 7.71. The lowest BCUT2D eigenvalue weighted by Gasteiger charge is -2.28. The monoisotopic (exact) mass is 351 g/mol. The van der Waals surface area contributed by atoms with Gasteiger partial charge in [-0.2, -0.15) is 10.4 Å². The van der Waals surface area contributed by atoms with Crippen molar-refractivity contribution in [2.24, 2.45) is 0 Å². The van der Waals surface area contributed by atoms with Crippen LogP contribution in [0.4, 0.5) is 0 Å². The van der Waals surface area contributed by atoms with Gasteiger partial charge in [-0.15, -0.1) is 0 Å². The SMILES string of the molecule is CC[Si](CC)(CC)c1[nH]c2ccc(Cn3cncn3)cc2c1CC#N. The van der Waals surface area contributed by atoms with Crippen LogP contribution in [0.15, 0.2) is 30.9 Å². The average molecular weight is 352 g/mol. The van der Waals surface area contributed by atoms with E-state index in [-0.39, 0.29) is 0 Å². The molecule has 0 spiro atoms. The number of nitriles is 1. The zero-order valence-corrected chi connectivity index (χ0v) is 16.2. The molecule has 0 aliphatic carbocycles. The first kappa shape index (κ1) is 17.4. The van der Waals surface area contributed by atoms with Crippen molar-refractivity contribution in [3.8, 4) is 6.07 Å². The molecule has 3 rings (SSSR count). The van der Waals surface area contributed by atoms with Gasteiger partial charge in [-0.25, -0.2) is 9.67 Å². The van der Waals surface area contributed by atoms with Crippen molar-refractivity contribution >= 4 is 24.3 Å². The highest BCUT2D eigenvalue weighted by Gasteiger charge is 2.33. The summed E-state index contributed by atoms with van der Waals surface area (Å²) in [6, 6.07) is 12.5. The van der Waals surface area contributed by atoms with Crippen LogP contribution in [0, 0.1) is 11.3 Å². The van der Waals surface area contributed by atoms with Crippen LogP contribution in [0.2, 0.25) is 18.1 Å². The second-order valence-electron chi connectivity index (χ2n) is 6.63. The molecule has 0 radical (unpaired) electrons. The van der Waals surface area contributed by atoms with E-state index in [2.05, 4.69) is 60.1 Å². The molecule has 130 valence electrons. The van der Waals surface area contributed by atoms with Gasteiger partial charge in [0, 0.05) is 16.2 Å². The summed E-state index contributed by atoms with van der Waals surface area (Å²) in [6.07, 6.45) is 3.75. The summed E-state index contributed by atoms with van der Waals surface area (Å²) in [5.41, 5.74) is 3.55. The molecule has 2 heterocycles.